The molecule has 8 nitrogen and oxygen atoms in total. The third-order valence-electron chi connectivity index (χ3n) is 6.70. The predicted octanol–water partition coefficient (Wildman–Crippen LogP) is 0.541. The summed E-state index contributed by atoms with van der Waals surface area (Å²) >= 11 is 0. The van der Waals surface area contributed by atoms with E-state index in [4.69, 9.17) is 9.47 Å². The number of sulfonamides is 1. The molecule has 0 unspecified atom stereocenters. The highest BCUT2D eigenvalue weighted by Gasteiger charge is 2.32. The van der Waals surface area contributed by atoms with Gasteiger partial charge < -0.3 is 19.7 Å². The third kappa shape index (κ3) is 4.71. The van der Waals surface area contributed by atoms with Crippen LogP contribution < -0.4 is 19.7 Å². The van der Waals surface area contributed by atoms with Crippen LogP contribution in [0, 0.1) is 0 Å². The summed E-state index contributed by atoms with van der Waals surface area (Å²) in [6.07, 6.45) is 3.10. The second kappa shape index (κ2) is 9.32. The molecule has 1 saturated heterocycles. The molecule has 5 rings (SSSR count). The molecule has 1 amide bonds. The zero-order chi connectivity index (χ0) is 22.8. The molecular weight excluding hydrogens is 442 g/mol. The van der Waals surface area contributed by atoms with E-state index in [9.17, 15) is 13.2 Å². The van der Waals surface area contributed by atoms with E-state index < -0.39 is 10.0 Å². The first-order valence-electron chi connectivity index (χ1n) is 11.6. The Morgan fingerprint density at radius 1 is 1.06 bits per heavy atom. The van der Waals surface area contributed by atoms with Gasteiger partial charge in [-0.3, -0.25) is 4.79 Å². The van der Waals surface area contributed by atoms with Crippen LogP contribution in [0.3, 0.4) is 0 Å². The van der Waals surface area contributed by atoms with Gasteiger partial charge in [-0.25, -0.2) is 8.42 Å². The van der Waals surface area contributed by atoms with Crippen molar-refractivity contribution in [2.45, 2.75) is 30.2 Å². The minimum absolute atomic E-state index is 0.0230. The molecule has 33 heavy (non-hydrogen) atoms. The van der Waals surface area contributed by atoms with Crippen LogP contribution in [-0.4, -0.2) is 64.6 Å². The maximum atomic E-state index is 13.1. The number of benzene rings is 2. The number of quaternary nitrogens is 1. The van der Waals surface area contributed by atoms with Gasteiger partial charge in [0.15, 0.2) is 18.0 Å². The number of nitrogens with zero attached hydrogens (tertiary/aromatic N) is 1. The summed E-state index contributed by atoms with van der Waals surface area (Å²) in [5, 5.41) is 3.20. The molecule has 176 valence electrons. The molecule has 1 atom stereocenters. The number of hydrogen-bond donors (Lipinski definition) is 2. The maximum absolute atomic E-state index is 13.1. The number of aryl methyl sites for hydroxylation is 1. The van der Waals surface area contributed by atoms with Crippen LogP contribution in [-0.2, 0) is 21.2 Å². The molecule has 2 aliphatic heterocycles. The Labute approximate surface area is 194 Å². The lowest BCUT2D eigenvalue weighted by molar-refractivity contribution is -0.895. The van der Waals surface area contributed by atoms with Crippen molar-refractivity contribution in [1.82, 2.24) is 9.62 Å². The van der Waals surface area contributed by atoms with Gasteiger partial charge in [-0.05, 0) is 42.5 Å². The first-order valence-corrected chi connectivity index (χ1v) is 13.1. The minimum Gasteiger partial charge on any atom is -0.486 e. The summed E-state index contributed by atoms with van der Waals surface area (Å²) in [4.78, 5) is 14.1. The van der Waals surface area contributed by atoms with E-state index in [2.05, 4.69) is 17.4 Å². The SMILES string of the molecule is O=C(C[NH+]1CCN(S(=O)(=O)c2ccc3c(c2)OCCO3)CC1)N[C@@H]1CCCc2ccccc21. The zero-order valence-corrected chi connectivity index (χ0v) is 19.4. The number of ether oxygens (including phenoxy) is 2. The molecular formula is C24H30N3O5S+. The second-order valence-electron chi connectivity index (χ2n) is 8.85. The van der Waals surface area contributed by atoms with Gasteiger partial charge in [0.2, 0.25) is 10.0 Å². The Hall–Kier alpha value is -2.62. The van der Waals surface area contributed by atoms with Gasteiger partial charge >= 0.3 is 0 Å². The van der Waals surface area contributed by atoms with Gasteiger partial charge in [-0.2, -0.15) is 4.31 Å². The molecule has 0 radical (unpaired) electrons. The van der Waals surface area contributed by atoms with Crippen LogP contribution in [0.15, 0.2) is 47.4 Å². The van der Waals surface area contributed by atoms with Crippen molar-refractivity contribution in [3.05, 3.63) is 53.6 Å². The number of carbonyl (C=O) groups is 1. The number of rotatable bonds is 5. The van der Waals surface area contributed by atoms with E-state index in [1.54, 1.807) is 18.2 Å². The number of carbonyl (C=O) groups excluding carboxylic acids is 1. The summed E-state index contributed by atoms with van der Waals surface area (Å²) in [5.74, 6) is 1.06. The van der Waals surface area contributed by atoms with Crippen molar-refractivity contribution >= 4 is 15.9 Å². The Balaban J connectivity index is 1.16. The lowest BCUT2D eigenvalue weighted by atomic mass is 9.88. The van der Waals surface area contributed by atoms with Crippen molar-refractivity contribution in [3.63, 3.8) is 0 Å². The lowest BCUT2D eigenvalue weighted by Gasteiger charge is -2.32. The molecule has 2 N–H and O–H groups in total. The van der Waals surface area contributed by atoms with E-state index in [1.807, 2.05) is 12.1 Å². The number of fused-ring (bicyclic) bond motifs is 2. The van der Waals surface area contributed by atoms with Crippen LogP contribution in [0.1, 0.15) is 30.0 Å². The topological polar surface area (TPSA) is 89.4 Å². The van der Waals surface area contributed by atoms with Gasteiger partial charge in [0.05, 0.1) is 37.1 Å². The summed E-state index contributed by atoms with van der Waals surface area (Å²) in [5.41, 5.74) is 2.54. The lowest BCUT2D eigenvalue weighted by Crippen LogP contribution is -3.15. The standard InChI is InChI=1S/C24H29N3O5S/c28-24(25-21-7-3-5-18-4-1-2-6-20(18)21)17-26-10-12-27(13-11-26)33(29,30)19-8-9-22-23(16-19)32-15-14-31-22/h1-2,4,6,8-9,16,21H,3,5,7,10-15,17H2,(H,25,28)/p+1/t21-/m1/s1. The summed E-state index contributed by atoms with van der Waals surface area (Å²) in [6.45, 7) is 3.18. The van der Waals surface area contributed by atoms with Crippen LogP contribution >= 0.6 is 0 Å². The fourth-order valence-corrected chi connectivity index (χ4v) is 6.39. The Kier molecular flexibility index (Phi) is 6.27. The normalized spacial score (nSPS) is 21.3. The van der Waals surface area contributed by atoms with E-state index in [0.717, 1.165) is 24.2 Å². The van der Waals surface area contributed by atoms with Crippen molar-refractivity contribution in [2.75, 3.05) is 45.9 Å². The van der Waals surface area contributed by atoms with Crippen molar-refractivity contribution in [1.29, 1.82) is 0 Å². The maximum Gasteiger partial charge on any atom is 0.275 e. The molecule has 0 bridgehead atoms. The van der Waals surface area contributed by atoms with Gasteiger partial charge in [-0.15, -0.1) is 0 Å². The quantitative estimate of drug-likeness (QED) is 0.663. The van der Waals surface area contributed by atoms with Gasteiger partial charge in [0.25, 0.3) is 5.91 Å². The number of nitrogens with one attached hydrogen (secondary N) is 2. The zero-order valence-electron chi connectivity index (χ0n) is 18.6. The average molecular weight is 473 g/mol. The predicted molar refractivity (Wildman–Crippen MR) is 122 cm³/mol. The number of hydrogen-bond acceptors (Lipinski definition) is 5. The molecule has 0 saturated carbocycles. The van der Waals surface area contributed by atoms with Crippen LogP contribution in [0.5, 0.6) is 11.5 Å². The van der Waals surface area contributed by atoms with Crippen molar-refractivity contribution < 1.29 is 27.6 Å². The van der Waals surface area contributed by atoms with Crippen LogP contribution in [0.25, 0.3) is 0 Å². The molecule has 2 aromatic carbocycles. The monoisotopic (exact) mass is 472 g/mol. The Morgan fingerprint density at radius 2 is 1.82 bits per heavy atom. The highest BCUT2D eigenvalue weighted by Crippen LogP contribution is 2.33. The van der Waals surface area contributed by atoms with Gasteiger partial charge in [-0.1, -0.05) is 24.3 Å². The second-order valence-corrected chi connectivity index (χ2v) is 10.8. The molecule has 1 fully saturated rings. The number of amides is 1. The molecule has 0 spiro atoms. The van der Waals surface area contributed by atoms with Crippen molar-refractivity contribution in [3.8, 4) is 11.5 Å². The van der Waals surface area contributed by atoms with Crippen LogP contribution in [0.4, 0.5) is 0 Å². The Morgan fingerprint density at radius 3 is 2.64 bits per heavy atom. The first-order chi connectivity index (χ1) is 16.0. The van der Waals surface area contributed by atoms with Gasteiger partial charge in [0, 0.05) is 6.07 Å². The summed E-state index contributed by atoms with van der Waals surface area (Å²) in [7, 11) is -3.62. The minimum atomic E-state index is -3.62. The molecule has 0 aromatic heterocycles. The molecule has 9 heteroatoms. The van der Waals surface area contributed by atoms with E-state index >= 15 is 0 Å². The third-order valence-corrected chi connectivity index (χ3v) is 8.59. The first kappa shape index (κ1) is 22.2. The van der Waals surface area contributed by atoms with Crippen molar-refractivity contribution in [2.24, 2.45) is 0 Å². The summed E-state index contributed by atoms with van der Waals surface area (Å²) in [6, 6.07) is 13.1. The average Bonchev–Trinajstić information content (AvgIpc) is 2.84. The van der Waals surface area contributed by atoms with Gasteiger partial charge in [0.1, 0.15) is 13.2 Å². The highest BCUT2D eigenvalue weighted by atomic mass is 32.2. The Bertz CT molecular complexity index is 1130. The van der Waals surface area contributed by atoms with Crippen LogP contribution in [0.2, 0.25) is 0 Å². The smallest absolute Gasteiger partial charge is 0.275 e. The highest BCUT2D eigenvalue weighted by molar-refractivity contribution is 7.89. The van der Waals surface area contributed by atoms with E-state index in [0.29, 0.717) is 57.4 Å². The molecule has 3 aliphatic rings. The fraction of sp³-hybridized carbons (Fsp3) is 0.458. The molecule has 1 aliphatic carbocycles. The fourth-order valence-electron chi connectivity index (χ4n) is 4.93. The van der Waals surface area contributed by atoms with E-state index in [1.165, 1.54) is 15.4 Å². The largest absolute Gasteiger partial charge is 0.486 e. The van der Waals surface area contributed by atoms with E-state index in [-0.39, 0.29) is 16.8 Å². The molecule has 2 heterocycles. The number of piperazine rings is 1. The molecule has 2 aromatic rings. The summed E-state index contributed by atoms with van der Waals surface area (Å²) < 4.78 is 38.8.